The first-order valence-corrected chi connectivity index (χ1v) is 10.9. The van der Waals surface area contributed by atoms with E-state index in [1.807, 2.05) is 25.1 Å². The van der Waals surface area contributed by atoms with Gasteiger partial charge in [-0.1, -0.05) is 12.1 Å². The van der Waals surface area contributed by atoms with Crippen molar-refractivity contribution in [2.75, 3.05) is 4.90 Å². The Morgan fingerprint density at radius 3 is 2.33 bits per heavy atom. The van der Waals surface area contributed by atoms with Gasteiger partial charge in [-0.2, -0.15) is 0 Å². The molecule has 0 N–H and O–H groups in total. The number of halogens is 1. The lowest BCUT2D eigenvalue weighted by Crippen LogP contribution is -2.43. The van der Waals surface area contributed by atoms with Gasteiger partial charge in [0.15, 0.2) is 5.82 Å². The maximum Gasteiger partial charge on any atom is 0.255 e. The predicted octanol–water partition coefficient (Wildman–Crippen LogP) is 3.25. The fourth-order valence-electron chi connectivity index (χ4n) is 5.35. The normalized spacial score (nSPS) is 26.1. The minimum Gasteiger partial charge on any atom is -0.328 e. The Balaban J connectivity index is 1.32. The Kier molecular flexibility index (Phi) is 3.93. The van der Waals surface area contributed by atoms with Crippen LogP contribution in [0.25, 0.3) is 11.4 Å². The van der Waals surface area contributed by atoms with Crippen LogP contribution in [0, 0.1) is 6.92 Å². The van der Waals surface area contributed by atoms with Gasteiger partial charge in [0.2, 0.25) is 5.95 Å². The molecule has 3 aliphatic heterocycles. The summed E-state index contributed by atoms with van der Waals surface area (Å²) >= 11 is 3.39. The Morgan fingerprint density at radius 2 is 1.67 bits per heavy atom. The Hall–Kier alpha value is -2.87. The van der Waals surface area contributed by atoms with Crippen molar-refractivity contribution in [1.82, 2.24) is 24.8 Å². The topological polar surface area (TPSA) is 74.9 Å². The van der Waals surface area contributed by atoms with Crippen molar-refractivity contribution >= 4 is 27.8 Å². The summed E-state index contributed by atoms with van der Waals surface area (Å²) in [4.78, 5) is 35.8. The summed E-state index contributed by atoms with van der Waals surface area (Å²) in [7, 11) is 0. The number of fused-ring (bicyclic) bond motifs is 5. The first-order valence-electron chi connectivity index (χ1n) is 10.1. The van der Waals surface area contributed by atoms with Crippen LogP contribution >= 0.6 is 15.9 Å². The van der Waals surface area contributed by atoms with Crippen LogP contribution in [-0.4, -0.2) is 54.9 Å². The summed E-state index contributed by atoms with van der Waals surface area (Å²) in [6, 6.07) is 8.66. The average molecular weight is 463 g/mol. The molecule has 4 atom stereocenters. The number of aryl methyl sites for hydroxylation is 1. The molecule has 1 aromatic carbocycles. The zero-order valence-corrected chi connectivity index (χ0v) is 17.9. The van der Waals surface area contributed by atoms with Gasteiger partial charge in [0.25, 0.3) is 5.91 Å². The van der Waals surface area contributed by atoms with Crippen LogP contribution in [0.3, 0.4) is 0 Å². The van der Waals surface area contributed by atoms with E-state index in [4.69, 9.17) is 0 Å². The third kappa shape index (κ3) is 2.52. The molecule has 3 aliphatic rings. The first-order chi connectivity index (χ1) is 14.6. The molecule has 30 heavy (non-hydrogen) atoms. The van der Waals surface area contributed by atoms with Gasteiger partial charge in [0.1, 0.15) is 0 Å². The summed E-state index contributed by atoms with van der Waals surface area (Å²) in [6.07, 6.45) is 9.03. The molecule has 1 amide bonds. The zero-order chi connectivity index (χ0) is 20.4. The molecule has 6 rings (SSSR count). The maximum absolute atomic E-state index is 13.7. The fraction of sp³-hybridized carbons (Fsp3) is 0.318. The lowest BCUT2D eigenvalue weighted by molar-refractivity contribution is 0.0712. The summed E-state index contributed by atoms with van der Waals surface area (Å²) < 4.78 is 0.869. The molecule has 3 aromatic rings. The number of piperazine rings is 1. The third-order valence-corrected chi connectivity index (χ3v) is 6.94. The number of amides is 1. The highest BCUT2D eigenvalue weighted by molar-refractivity contribution is 9.10. The lowest BCUT2D eigenvalue weighted by atomic mass is 9.99. The second-order valence-electron chi connectivity index (χ2n) is 8.08. The number of rotatable bonds is 3. The number of benzene rings is 1. The van der Waals surface area contributed by atoms with Gasteiger partial charge in [-0.15, -0.1) is 0 Å². The number of carbonyl (C=O) groups excluding carboxylic acids is 1. The number of anilines is 1. The van der Waals surface area contributed by atoms with Crippen LogP contribution in [0.2, 0.25) is 0 Å². The van der Waals surface area contributed by atoms with Gasteiger partial charge in [-0.25, -0.2) is 19.9 Å². The van der Waals surface area contributed by atoms with Crippen molar-refractivity contribution in [2.45, 2.75) is 43.9 Å². The second-order valence-corrected chi connectivity index (χ2v) is 9.00. The number of hydrogen-bond acceptors (Lipinski definition) is 6. The highest BCUT2D eigenvalue weighted by Crippen LogP contribution is 2.54. The smallest absolute Gasteiger partial charge is 0.255 e. The van der Waals surface area contributed by atoms with Gasteiger partial charge in [-0.05, 0) is 53.4 Å². The number of nitrogens with zero attached hydrogens (tertiary/aromatic N) is 6. The SMILES string of the molecule is Cc1cccc(C(=O)N2C3CCC2C2C3N2c2ncc(Br)cn2)c1-c1ncccn1. The van der Waals surface area contributed by atoms with Crippen molar-refractivity contribution in [1.29, 1.82) is 0 Å². The van der Waals surface area contributed by atoms with Crippen LogP contribution in [0.4, 0.5) is 5.95 Å². The molecule has 2 bridgehead atoms. The molecule has 7 nitrogen and oxygen atoms in total. The van der Waals surface area contributed by atoms with Crippen LogP contribution in [0.15, 0.2) is 53.5 Å². The van der Waals surface area contributed by atoms with Crippen molar-refractivity contribution in [3.05, 3.63) is 64.7 Å². The third-order valence-electron chi connectivity index (χ3n) is 6.53. The van der Waals surface area contributed by atoms with Gasteiger partial charge >= 0.3 is 0 Å². The van der Waals surface area contributed by atoms with E-state index in [1.165, 1.54) is 0 Å². The van der Waals surface area contributed by atoms with E-state index >= 15 is 0 Å². The highest BCUT2D eigenvalue weighted by atomic mass is 79.9. The molecule has 0 spiro atoms. The monoisotopic (exact) mass is 462 g/mol. The minimum absolute atomic E-state index is 0.0810. The van der Waals surface area contributed by atoms with Crippen LogP contribution < -0.4 is 4.90 Å². The summed E-state index contributed by atoms with van der Waals surface area (Å²) in [5.41, 5.74) is 2.52. The zero-order valence-electron chi connectivity index (χ0n) is 16.3. The first kappa shape index (κ1) is 17.9. The van der Waals surface area contributed by atoms with E-state index in [2.05, 4.69) is 45.7 Å². The Bertz CT molecular complexity index is 1120. The molecular weight excluding hydrogens is 444 g/mol. The second kappa shape index (κ2) is 6.57. The van der Waals surface area contributed by atoms with Gasteiger partial charge in [0, 0.05) is 30.4 Å². The largest absolute Gasteiger partial charge is 0.328 e. The van der Waals surface area contributed by atoms with Gasteiger partial charge in [-0.3, -0.25) is 4.79 Å². The van der Waals surface area contributed by atoms with Crippen molar-refractivity contribution in [3.8, 4) is 11.4 Å². The van der Waals surface area contributed by atoms with Crippen LogP contribution in [0.5, 0.6) is 0 Å². The fourth-order valence-corrected chi connectivity index (χ4v) is 5.55. The van der Waals surface area contributed by atoms with Crippen LogP contribution in [0.1, 0.15) is 28.8 Å². The molecule has 3 fully saturated rings. The predicted molar refractivity (Wildman–Crippen MR) is 115 cm³/mol. The molecular formula is C22H19BrN6O. The standard InChI is InChI=1S/C22H19BrN6O/c1-12-4-2-5-14(17(12)20-24-8-3-9-25-20)21(30)28-15-6-7-16(28)19-18(15)29(19)22-26-10-13(23)11-27-22/h2-5,8-11,15-16,18-19H,6-7H2,1H3. The van der Waals surface area contributed by atoms with Gasteiger partial charge in [0.05, 0.1) is 34.2 Å². The number of hydrogen-bond donors (Lipinski definition) is 0. The number of aromatic nitrogens is 4. The van der Waals surface area contributed by atoms with Crippen molar-refractivity contribution in [2.24, 2.45) is 0 Å². The minimum atomic E-state index is 0.0810. The number of carbonyl (C=O) groups is 1. The van der Waals surface area contributed by atoms with Gasteiger partial charge < -0.3 is 9.80 Å². The Labute approximate surface area is 182 Å². The van der Waals surface area contributed by atoms with E-state index in [0.717, 1.165) is 34.4 Å². The van der Waals surface area contributed by atoms with E-state index in [0.29, 0.717) is 23.5 Å². The molecule has 0 aliphatic carbocycles. The highest BCUT2D eigenvalue weighted by Gasteiger charge is 2.70. The van der Waals surface area contributed by atoms with Crippen LogP contribution in [-0.2, 0) is 0 Å². The average Bonchev–Trinajstić information content (AvgIpc) is 3.27. The van der Waals surface area contributed by atoms with E-state index in [9.17, 15) is 4.79 Å². The summed E-state index contributed by atoms with van der Waals surface area (Å²) in [5.74, 6) is 1.43. The maximum atomic E-state index is 13.7. The van der Waals surface area contributed by atoms with Crippen molar-refractivity contribution < 1.29 is 4.79 Å². The molecule has 5 heterocycles. The van der Waals surface area contributed by atoms with E-state index in [-0.39, 0.29) is 18.0 Å². The quantitative estimate of drug-likeness (QED) is 0.556. The van der Waals surface area contributed by atoms with E-state index in [1.54, 1.807) is 30.9 Å². The molecule has 4 unspecified atom stereocenters. The molecule has 2 aromatic heterocycles. The molecule has 150 valence electrons. The molecule has 0 saturated carbocycles. The van der Waals surface area contributed by atoms with Crippen molar-refractivity contribution in [3.63, 3.8) is 0 Å². The summed E-state index contributed by atoms with van der Waals surface area (Å²) in [5, 5.41) is 0. The summed E-state index contributed by atoms with van der Waals surface area (Å²) in [6.45, 7) is 2.01. The molecule has 8 heteroatoms. The molecule has 3 saturated heterocycles. The molecule has 0 radical (unpaired) electrons. The van der Waals surface area contributed by atoms with E-state index < -0.39 is 0 Å². The Morgan fingerprint density at radius 1 is 1.00 bits per heavy atom. The lowest BCUT2D eigenvalue weighted by Gasteiger charge is -2.28.